The molecule has 0 amide bonds. The lowest BCUT2D eigenvalue weighted by Crippen LogP contribution is -2.10. The lowest BCUT2D eigenvalue weighted by atomic mass is 10.0. The summed E-state index contributed by atoms with van der Waals surface area (Å²) in [7, 11) is 0. The molecule has 0 bridgehead atoms. The predicted molar refractivity (Wildman–Crippen MR) is 183 cm³/mol. The van der Waals surface area contributed by atoms with Crippen molar-refractivity contribution in [2.75, 3.05) is 16.3 Å². The van der Waals surface area contributed by atoms with E-state index in [1.165, 1.54) is 16.7 Å². The number of hydrogen-bond donors (Lipinski definition) is 1. The number of unbranched alkanes of at least 4 members (excludes halogenated alkanes) is 1. The molecular weight excluding hydrogens is 522 g/mol. The van der Waals surface area contributed by atoms with Crippen molar-refractivity contribution in [1.82, 2.24) is 0 Å². The van der Waals surface area contributed by atoms with E-state index in [1.54, 1.807) is 0 Å². The smallest absolute Gasteiger partial charge is 0.0462 e. The van der Waals surface area contributed by atoms with Gasteiger partial charge >= 0.3 is 0 Å². The molecular formula is C40H37N3. The van der Waals surface area contributed by atoms with Gasteiger partial charge in [0.1, 0.15) is 0 Å². The second kappa shape index (κ2) is 13.7. The molecule has 0 saturated carbocycles. The molecule has 3 nitrogen and oxygen atoms in total. The van der Waals surface area contributed by atoms with Gasteiger partial charge in [0.05, 0.1) is 0 Å². The standard InChI is InChI=1S/C40H37N3/c41-31-11-10-12-32-19-25-38(26-20-32)43(37-17-8-3-9-18-37)40-29-23-34(24-30-40)33-21-27-39(28-22-33)42(35-13-4-1-5-14-35)36-15-6-2-7-16-36/h1-9,13-30H,10-12,31,41H2. The van der Waals surface area contributed by atoms with Gasteiger partial charge in [-0.05, 0) is 115 Å². The van der Waals surface area contributed by atoms with Crippen LogP contribution in [-0.2, 0) is 6.42 Å². The van der Waals surface area contributed by atoms with Crippen molar-refractivity contribution >= 4 is 34.1 Å². The first kappa shape index (κ1) is 28.0. The maximum absolute atomic E-state index is 5.69. The first-order chi connectivity index (χ1) is 21.3. The molecule has 3 heteroatoms. The quantitative estimate of drug-likeness (QED) is 0.160. The van der Waals surface area contributed by atoms with Crippen molar-refractivity contribution in [3.63, 3.8) is 0 Å². The summed E-state index contributed by atoms with van der Waals surface area (Å²) >= 11 is 0. The van der Waals surface area contributed by atoms with Crippen molar-refractivity contribution < 1.29 is 0 Å². The lowest BCUT2D eigenvalue weighted by Gasteiger charge is -2.26. The normalized spacial score (nSPS) is 10.8. The van der Waals surface area contributed by atoms with Gasteiger partial charge in [0.2, 0.25) is 0 Å². The van der Waals surface area contributed by atoms with E-state index < -0.39 is 0 Å². The summed E-state index contributed by atoms with van der Waals surface area (Å²) < 4.78 is 0. The Labute approximate surface area is 255 Å². The van der Waals surface area contributed by atoms with Crippen LogP contribution in [0.3, 0.4) is 0 Å². The Hall–Kier alpha value is -5.12. The highest BCUT2D eigenvalue weighted by molar-refractivity contribution is 5.80. The number of nitrogens with two attached hydrogens (primary N) is 1. The maximum Gasteiger partial charge on any atom is 0.0462 e. The zero-order valence-corrected chi connectivity index (χ0v) is 24.4. The highest BCUT2D eigenvalue weighted by Crippen LogP contribution is 2.37. The Bertz CT molecular complexity index is 1640. The Kier molecular flexibility index (Phi) is 8.92. The number of benzene rings is 6. The van der Waals surface area contributed by atoms with Crippen LogP contribution in [-0.4, -0.2) is 6.54 Å². The average Bonchev–Trinajstić information content (AvgIpc) is 3.08. The summed E-state index contributed by atoms with van der Waals surface area (Å²) in [5, 5.41) is 0. The zero-order valence-electron chi connectivity index (χ0n) is 24.4. The minimum Gasteiger partial charge on any atom is -0.330 e. The molecule has 0 aromatic heterocycles. The molecule has 2 N–H and O–H groups in total. The molecule has 0 aliphatic carbocycles. The van der Waals surface area contributed by atoms with E-state index in [-0.39, 0.29) is 0 Å². The molecule has 0 saturated heterocycles. The molecule has 0 atom stereocenters. The number of hydrogen-bond acceptors (Lipinski definition) is 3. The summed E-state index contributed by atoms with van der Waals surface area (Å²) in [6, 6.07) is 58.2. The predicted octanol–water partition coefficient (Wildman–Crippen LogP) is 10.6. The molecule has 6 aromatic rings. The van der Waals surface area contributed by atoms with Gasteiger partial charge in [0.25, 0.3) is 0 Å². The zero-order chi connectivity index (χ0) is 29.3. The van der Waals surface area contributed by atoms with Crippen LogP contribution < -0.4 is 15.5 Å². The fraction of sp³-hybridized carbons (Fsp3) is 0.100. The summed E-state index contributed by atoms with van der Waals surface area (Å²) in [6.07, 6.45) is 3.24. The second-order valence-corrected chi connectivity index (χ2v) is 10.7. The third-order valence-electron chi connectivity index (χ3n) is 7.74. The lowest BCUT2D eigenvalue weighted by molar-refractivity contribution is 0.745. The number of anilines is 6. The molecule has 0 fully saturated rings. The molecule has 0 aliphatic rings. The summed E-state index contributed by atoms with van der Waals surface area (Å²) in [6.45, 7) is 0.750. The first-order valence-corrected chi connectivity index (χ1v) is 15.0. The highest BCUT2D eigenvalue weighted by Gasteiger charge is 2.14. The molecule has 0 radical (unpaired) electrons. The van der Waals surface area contributed by atoms with E-state index in [0.717, 1.165) is 59.9 Å². The van der Waals surface area contributed by atoms with Crippen LogP contribution in [0, 0.1) is 0 Å². The Balaban J connectivity index is 1.27. The van der Waals surface area contributed by atoms with E-state index in [1.807, 2.05) is 0 Å². The van der Waals surface area contributed by atoms with Crippen LogP contribution in [0.5, 0.6) is 0 Å². The highest BCUT2D eigenvalue weighted by atomic mass is 15.1. The summed E-state index contributed by atoms with van der Waals surface area (Å²) in [5.74, 6) is 0. The molecule has 43 heavy (non-hydrogen) atoms. The van der Waals surface area contributed by atoms with Gasteiger partial charge in [-0.25, -0.2) is 0 Å². The van der Waals surface area contributed by atoms with Crippen LogP contribution >= 0.6 is 0 Å². The van der Waals surface area contributed by atoms with Crippen molar-refractivity contribution in [3.8, 4) is 11.1 Å². The van der Waals surface area contributed by atoms with E-state index >= 15 is 0 Å². The topological polar surface area (TPSA) is 32.5 Å². The Morgan fingerprint density at radius 3 is 1.02 bits per heavy atom. The molecule has 0 spiro atoms. The SMILES string of the molecule is NCCCCc1ccc(N(c2ccccc2)c2ccc(-c3ccc(N(c4ccccc4)c4ccccc4)cc3)cc2)cc1. The van der Waals surface area contributed by atoms with E-state index in [0.29, 0.717) is 0 Å². The van der Waals surface area contributed by atoms with Gasteiger partial charge in [-0.3, -0.25) is 0 Å². The molecule has 0 unspecified atom stereocenters. The van der Waals surface area contributed by atoms with Crippen LogP contribution in [0.15, 0.2) is 164 Å². The fourth-order valence-electron chi connectivity index (χ4n) is 5.52. The van der Waals surface area contributed by atoms with Crippen LogP contribution in [0.25, 0.3) is 11.1 Å². The van der Waals surface area contributed by atoms with Gasteiger partial charge in [0.15, 0.2) is 0 Å². The largest absolute Gasteiger partial charge is 0.330 e. The van der Waals surface area contributed by atoms with Crippen molar-refractivity contribution in [3.05, 3.63) is 169 Å². The van der Waals surface area contributed by atoms with Crippen molar-refractivity contribution in [1.29, 1.82) is 0 Å². The van der Waals surface area contributed by atoms with Gasteiger partial charge in [-0.2, -0.15) is 0 Å². The third kappa shape index (κ3) is 6.69. The third-order valence-corrected chi connectivity index (χ3v) is 7.74. The number of nitrogens with zero attached hydrogens (tertiary/aromatic N) is 2. The molecule has 0 aliphatic heterocycles. The summed E-state index contributed by atoms with van der Waals surface area (Å²) in [5.41, 5.74) is 16.2. The van der Waals surface area contributed by atoms with Crippen molar-refractivity contribution in [2.24, 2.45) is 5.73 Å². The van der Waals surface area contributed by atoms with Gasteiger partial charge in [-0.15, -0.1) is 0 Å². The van der Waals surface area contributed by atoms with Crippen LogP contribution in [0.2, 0.25) is 0 Å². The van der Waals surface area contributed by atoms with Crippen LogP contribution in [0.4, 0.5) is 34.1 Å². The Morgan fingerprint density at radius 2 is 0.674 bits per heavy atom. The van der Waals surface area contributed by atoms with E-state index in [4.69, 9.17) is 5.73 Å². The molecule has 6 aromatic carbocycles. The maximum atomic E-state index is 5.69. The van der Waals surface area contributed by atoms with Gasteiger partial charge in [-0.1, -0.05) is 91.0 Å². The minimum absolute atomic E-state index is 0.750. The van der Waals surface area contributed by atoms with E-state index in [9.17, 15) is 0 Å². The van der Waals surface area contributed by atoms with Gasteiger partial charge in [0, 0.05) is 34.1 Å². The minimum atomic E-state index is 0.750. The Morgan fingerprint density at radius 1 is 0.349 bits per heavy atom. The first-order valence-electron chi connectivity index (χ1n) is 15.0. The number of aryl methyl sites for hydroxylation is 1. The van der Waals surface area contributed by atoms with Crippen molar-refractivity contribution in [2.45, 2.75) is 19.3 Å². The average molecular weight is 560 g/mol. The van der Waals surface area contributed by atoms with Crippen LogP contribution in [0.1, 0.15) is 18.4 Å². The number of rotatable bonds is 11. The number of para-hydroxylation sites is 3. The molecule has 6 rings (SSSR count). The molecule has 0 heterocycles. The second-order valence-electron chi connectivity index (χ2n) is 10.7. The summed E-state index contributed by atoms with van der Waals surface area (Å²) in [4.78, 5) is 4.60. The molecule has 212 valence electrons. The van der Waals surface area contributed by atoms with E-state index in [2.05, 4.69) is 174 Å². The van der Waals surface area contributed by atoms with Gasteiger partial charge < -0.3 is 15.5 Å². The fourth-order valence-corrected chi connectivity index (χ4v) is 5.52. The monoisotopic (exact) mass is 559 g/mol.